The third kappa shape index (κ3) is 2.98. The molecule has 0 unspecified atom stereocenters. The number of hydrogen-bond acceptors (Lipinski definition) is 2. The average Bonchev–Trinajstić information content (AvgIpc) is 2.40. The van der Waals surface area contributed by atoms with Crippen LogP contribution in [0.1, 0.15) is 23.6 Å². The molecule has 0 radical (unpaired) electrons. The molecular formula is C15H21FN2. The van der Waals surface area contributed by atoms with Crippen LogP contribution in [0.5, 0.6) is 0 Å². The Morgan fingerprint density at radius 3 is 2.78 bits per heavy atom. The van der Waals surface area contributed by atoms with Crippen molar-refractivity contribution in [2.45, 2.75) is 19.4 Å². The normalized spacial score (nSPS) is 18.6. The van der Waals surface area contributed by atoms with E-state index in [4.69, 9.17) is 0 Å². The first-order chi connectivity index (χ1) is 8.72. The van der Waals surface area contributed by atoms with Gasteiger partial charge in [0.2, 0.25) is 0 Å². The lowest BCUT2D eigenvalue weighted by atomic mass is 9.99. The van der Waals surface area contributed by atoms with Crippen LogP contribution in [0.3, 0.4) is 0 Å². The molecule has 1 aromatic carbocycles. The Balaban J connectivity index is 2.22. The summed E-state index contributed by atoms with van der Waals surface area (Å²) in [6.07, 6.45) is 2.86. The van der Waals surface area contributed by atoms with Crippen LogP contribution >= 0.6 is 0 Å². The molecule has 0 aliphatic carbocycles. The van der Waals surface area contributed by atoms with Crippen LogP contribution < -0.4 is 5.32 Å². The van der Waals surface area contributed by atoms with Crippen molar-refractivity contribution in [3.8, 4) is 0 Å². The molecule has 2 rings (SSSR count). The zero-order chi connectivity index (χ0) is 13.0. The fourth-order valence-corrected chi connectivity index (χ4v) is 2.52. The summed E-state index contributed by atoms with van der Waals surface area (Å²) < 4.78 is 13.3. The maximum absolute atomic E-state index is 13.3. The van der Waals surface area contributed by atoms with Crippen LogP contribution in [0, 0.1) is 12.7 Å². The zero-order valence-electron chi connectivity index (χ0n) is 11.0. The fourth-order valence-electron chi connectivity index (χ4n) is 2.52. The first-order valence-corrected chi connectivity index (χ1v) is 6.54. The maximum atomic E-state index is 13.3. The first kappa shape index (κ1) is 13.2. The van der Waals surface area contributed by atoms with Crippen LogP contribution in [0.25, 0.3) is 0 Å². The second-order valence-electron chi connectivity index (χ2n) is 4.83. The molecular weight excluding hydrogens is 227 g/mol. The molecule has 1 heterocycles. The van der Waals surface area contributed by atoms with Gasteiger partial charge in [-0.25, -0.2) is 4.39 Å². The standard InChI is InChI=1S/C15H21FN2/c1-3-4-15(18-9-7-17-8-10-18)13-5-6-14(16)12(2)11-13/h3,5-6,11,15,17H,1,4,7-10H2,2H3/t15-/m1/s1. The summed E-state index contributed by atoms with van der Waals surface area (Å²) >= 11 is 0. The number of halogens is 1. The number of aryl methyl sites for hydroxylation is 1. The van der Waals surface area contributed by atoms with Crippen molar-refractivity contribution in [3.63, 3.8) is 0 Å². The highest BCUT2D eigenvalue weighted by atomic mass is 19.1. The molecule has 18 heavy (non-hydrogen) atoms. The van der Waals surface area contributed by atoms with Crippen molar-refractivity contribution in [2.75, 3.05) is 26.2 Å². The van der Waals surface area contributed by atoms with Gasteiger partial charge in [0.1, 0.15) is 5.82 Å². The van der Waals surface area contributed by atoms with E-state index in [-0.39, 0.29) is 5.82 Å². The maximum Gasteiger partial charge on any atom is 0.126 e. The second-order valence-corrected chi connectivity index (χ2v) is 4.83. The van der Waals surface area contributed by atoms with Crippen molar-refractivity contribution < 1.29 is 4.39 Å². The van der Waals surface area contributed by atoms with Crippen molar-refractivity contribution in [1.82, 2.24) is 10.2 Å². The van der Waals surface area contributed by atoms with Gasteiger partial charge >= 0.3 is 0 Å². The van der Waals surface area contributed by atoms with Gasteiger partial charge in [0.05, 0.1) is 0 Å². The molecule has 2 nitrogen and oxygen atoms in total. The third-order valence-corrected chi connectivity index (χ3v) is 3.55. The summed E-state index contributed by atoms with van der Waals surface area (Å²) in [5.41, 5.74) is 1.91. The summed E-state index contributed by atoms with van der Waals surface area (Å²) in [5.74, 6) is -0.128. The molecule has 1 fully saturated rings. The molecule has 1 aliphatic rings. The largest absolute Gasteiger partial charge is 0.314 e. The van der Waals surface area contributed by atoms with Crippen molar-refractivity contribution in [1.29, 1.82) is 0 Å². The molecule has 1 atom stereocenters. The molecule has 0 spiro atoms. The van der Waals surface area contributed by atoms with Gasteiger partial charge in [0.15, 0.2) is 0 Å². The van der Waals surface area contributed by atoms with Crippen molar-refractivity contribution >= 4 is 0 Å². The minimum atomic E-state index is -0.128. The molecule has 1 saturated heterocycles. The Morgan fingerprint density at radius 1 is 1.44 bits per heavy atom. The molecule has 1 aromatic rings. The summed E-state index contributed by atoms with van der Waals surface area (Å²) in [7, 11) is 0. The fraction of sp³-hybridized carbons (Fsp3) is 0.467. The van der Waals surface area contributed by atoms with E-state index in [9.17, 15) is 4.39 Å². The second kappa shape index (κ2) is 6.12. The molecule has 3 heteroatoms. The minimum absolute atomic E-state index is 0.128. The van der Waals surface area contributed by atoms with E-state index in [1.807, 2.05) is 25.1 Å². The Kier molecular flexibility index (Phi) is 4.50. The molecule has 1 aliphatic heterocycles. The van der Waals surface area contributed by atoms with Gasteiger partial charge in [-0.3, -0.25) is 4.90 Å². The smallest absolute Gasteiger partial charge is 0.126 e. The number of rotatable bonds is 4. The van der Waals surface area contributed by atoms with Gasteiger partial charge in [-0.1, -0.05) is 18.2 Å². The van der Waals surface area contributed by atoms with Crippen LogP contribution in [-0.2, 0) is 0 Å². The number of hydrogen-bond donors (Lipinski definition) is 1. The highest BCUT2D eigenvalue weighted by Gasteiger charge is 2.21. The van der Waals surface area contributed by atoms with Gasteiger partial charge in [0, 0.05) is 32.2 Å². The van der Waals surface area contributed by atoms with Crippen molar-refractivity contribution in [3.05, 3.63) is 47.8 Å². The average molecular weight is 248 g/mol. The quantitative estimate of drug-likeness (QED) is 0.824. The lowest BCUT2D eigenvalue weighted by Gasteiger charge is -2.35. The van der Waals surface area contributed by atoms with Gasteiger partial charge in [-0.05, 0) is 30.5 Å². The van der Waals surface area contributed by atoms with E-state index in [0.717, 1.165) is 38.2 Å². The summed E-state index contributed by atoms with van der Waals surface area (Å²) in [6, 6.07) is 5.76. The van der Waals surface area contributed by atoms with Crippen LogP contribution in [0.4, 0.5) is 4.39 Å². The van der Waals surface area contributed by atoms with E-state index in [1.165, 1.54) is 5.56 Å². The zero-order valence-corrected chi connectivity index (χ0v) is 11.0. The molecule has 0 amide bonds. The Labute approximate surface area is 108 Å². The van der Waals surface area contributed by atoms with Crippen LogP contribution in [0.15, 0.2) is 30.9 Å². The molecule has 98 valence electrons. The van der Waals surface area contributed by atoms with E-state index >= 15 is 0 Å². The number of nitrogens with zero attached hydrogens (tertiary/aromatic N) is 1. The van der Waals surface area contributed by atoms with Crippen LogP contribution in [-0.4, -0.2) is 31.1 Å². The summed E-state index contributed by atoms with van der Waals surface area (Å²) in [6.45, 7) is 9.78. The number of benzene rings is 1. The molecule has 0 saturated carbocycles. The summed E-state index contributed by atoms with van der Waals surface area (Å²) in [5, 5.41) is 3.36. The SMILES string of the molecule is C=CC[C@H](c1ccc(F)c(C)c1)N1CCNCC1. The topological polar surface area (TPSA) is 15.3 Å². The van der Waals surface area contributed by atoms with Crippen LogP contribution in [0.2, 0.25) is 0 Å². The Bertz CT molecular complexity index is 411. The molecule has 0 aromatic heterocycles. The van der Waals surface area contributed by atoms with Gasteiger partial charge in [0.25, 0.3) is 0 Å². The third-order valence-electron chi connectivity index (χ3n) is 3.55. The highest BCUT2D eigenvalue weighted by Crippen LogP contribution is 2.26. The highest BCUT2D eigenvalue weighted by molar-refractivity contribution is 5.27. The Hall–Kier alpha value is -1.19. The van der Waals surface area contributed by atoms with E-state index in [1.54, 1.807) is 6.07 Å². The molecule has 1 N–H and O–H groups in total. The van der Waals surface area contributed by atoms with E-state index < -0.39 is 0 Å². The first-order valence-electron chi connectivity index (χ1n) is 6.54. The van der Waals surface area contributed by atoms with Crippen molar-refractivity contribution in [2.24, 2.45) is 0 Å². The van der Waals surface area contributed by atoms with E-state index in [2.05, 4.69) is 16.8 Å². The lowest BCUT2D eigenvalue weighted by Crippen LogP contribution is -2.45. The summed E-state index contributed by atoms with van der Waals surface area (Å²) in [4.78, 5) is 2.45. The van der Waals surface area contributed by atoms with E-state index in [0.29, 0.717) is 6.04 Å². The Morgan fingerprint density at radius 2 is 2.17 bits per heavy atom. The van der Waals surface area contributed by atoms with Gasteiger partial charge in [-0.15, -0.1) is 6.58 Å². The number of nitrogens with one attached hydrogen (secondary N) is 1. The monoisotopic (exact) mass is 248 g/mol. The lowest BCUT2D eigenvalue weighted by molar-refractivity contribution is 0.174. The molecule has 0 bridgehead atoms. The predicted molar refractivity (Wildman–Crippen MR) is 73.1 cm³/mol. The predicted octanol–water partition coefficient (Wildman–Crippen LogP) is 2.66. The van der Waals surface area contributed by atoms with Gasteiger partial charge < -0.3 is 5.32 Å². The number of piperazine rings is 1. The van der Waals surface area contributed by atoms with Gasteiger partial charge in [-0.2, -0.15) is 0 Å². The minimum Gasteiger partial charge on any atom is -0.314 e.